The van der Waals surface area contributed by atoms with Gasteiger partial charge in [0.15, 0.2) is 5.72 Å². The van der Waals surface area contributed by atoms with Gasteiger partial charge in [-0.2, -0.15) is 0 Å². The number of nitrogens with one attached hydrogen (secondary N) is 1. The van der Waals surface area contributed by atoms with Crippen LogP contribution in [0.4, 0.5) is 10.5 Å². The number of likely N-dealkylation sites (tertiary alicyclic amines) is 1. The van der Waals surface area contributed by atoms with Gasteiger partial charge in [-0.05, 0) is 42.2 Å². The van der Waals surface area contributed by atoms with Gasteiger partial charge in [-0.15, -0.1) is 0 Å². The first-order valence-electron chi connectivity index (χ1n) is 9.62. The van der Waals surface area contributed by atoms with E-state index in [1.807, 2.05) is 24.3 Å². The number of hydrogen-bond donors (Lipinski definition) is 2. The molecule has 1 heterocycles. The van der Waals surface area contributed by atoms with Crippen molar-refractivity contribution in [2.75, 3.05) is 18.4 Å². The van der Waals surface area contributed by atoms with Crippen LogP contribution in [-0.2, 0) is 17.7 Å². The Kier molecular flexibility index (Phi) is 6.14. The van der Waals surface area contributed by atoms with E-state index in [0.29, 0.717) is 12.8 Å². The number of carbonyl (C=O) groups is 1. The molecule has 1 aliphatic heterocycles. The van der Waals surface area contributed by atoms with Crippen LogP contribution in [0, 0.1) is 6.92 Å². The number of hydrogen-bond acceptors (Lipinski definition) is 4. The van der Waals surface area contributed by atoms with Crippen LogP contribution in [0.3, 0.4) is 0 Å². The third-order valence-electron chi connectivity index (χ3n) is 5.26. The highest BCUT2D eigenvalue weighted by Crippen LogP contribution is 2.24. The first kappa shape index (κ1) is 19.4. The Balaban J connectivity index is 1.49. The fourth-order valence-electron chi connectivity index (χ4n) is 3.37. The van der Waals surface area contributed by atoms with Crippen LogP contribution in [0.2, 0.25) is 0 Å². The van der Waals surface area contributed by atoms with Crippen LogP contribution in [-0.4, -0.2) is 29.8 Å². The van der Waals surface area contributed by atoms with Crippen molar-refractivity contribution in [3.63, 3.8) is 0 Å². The highest BCUT2D eigenvalue weighted by molar-refractivity contribution is 5.84. The largest absolute Gasteiger partial charge is 0.428 e. The highest BCUT2D eigenvalue weighted by atomic mass is 16.6. The topological polar surface area (TPSA) is 67.6 Å². The fourth-order valence-corrected chi connectivity index (χ4v) is 3.37. The predicted octanol–water partition coefficient (Wildman–Crippen LogP) is 4.06. The molecule has 1 saturated heterocycles. The molecule has 27 heavy (non-hydrogen) atoms. The molecule has 0 aromatic heterocycles. The predicted molar refractivity (Wildman–Crippen MR) is 109 cm³/mol. The summed E-state index contributed by atoms with van der Waals surface area (Å²) >= 11 is 0. The molecule has 0 unspecified atom stereocenters. The van der Waals surface area contributed by atoms with Crippen molar-refractivity contribution in [1.82, 2.24) is 4.90 Å². The fraction of sp³-hybridized carbons (Fsp3) is 0.409. The molecule has 1 amide bonds. The summed E-state index contributed by atoms with van der Waals surface area (Å²) in [7, 11) is 0. The minimum Gasteiger partial charge on any atom is -0.428 e. The zero-order valence-electron chi connectivity index (χ0n) is 16.2. The second kappa shape index (κ2) is 8.55. The van der Waals surface area contributed by atoms with Gasteiger partial charge in [-0.3, -0.25) is 16.0 Å². The molecule has 0 bridgehead atoms. The van der Waals surface area contributed by atoms with E-state index in [1.165, 1.54) is 16.7 Å². The van der Waals surface area contributed by atoms with E-state index in [-0.39, 0.29) is 0 Å². The summed E-state index contributed by atoms with van der Waals surface area (Å²) in [6.07, 6.45) is 1.73. The van der Waals surface area contributed by atoms with Gasteiger partial charge in [0.05, 0.1) is 0 Å². The van der Waals surface area contributed by atoms with Gasteiger partial charge in [0, 0.05) is 38.2 Å². The number of nitrogens with two attached hydrogens (primary N) is 1. The Morgan fingerprint density at radius 1 is 1.15 bits per heavy atom. The summed E-state index contributed by atoms with van der Waals surface area (Å²) in [4.78, 5) is 14.6. The Labute approximate surface area is 161 Å². The molecule has 5 nitrogen and oxygen atoms in total. The lowest BCUT2D eigenvalue weighted by molar-refractivity contribution is -0.0269. The average Bonchev–Trinajstić information content (AvgIpc) is 2.66. The van der Waals surface area contributed by atoms with Crippen LogP contribution in [0.25, 0.3) is 0 Å². The smallest absolute Gasteiger partial charge is 0.413 e. The van der Waals surface area contributed by atoms with E-state index >= 15 is 0 Å². The van der Waals surface area contributed by atoms with Crippen molar-refractivity contribution in [3.05, 3.63) is 65.2 Å². The van der Waals surface area contributed by atoms with Crippen LogP contribution in [0.5, 0.6) is 0 Å². The van der Waals surface area contributed by atoms with Crippen molar-refractivity contribution >= 4 is 11.8 Å². The molecule has 5 heteroatoms. The lowest BCUT2D eigenvalue weighted by atomic mass is 10.00. The number of ether oxygens (including phenoxy) is 1. The number of anilines is 1. The summed E-state index contributed by atoms with van der Waals surface area (Å²) < 4.78 is 5.56. The first-order valence-corrected chi connectivity index (χ1v) is 9.62. The molecule has 0 aliphatic carbocycles. The van der Waals surface area contributed by atoms with Gasteiger partial charge in [-0.1, -0.05) is 43.3 Å². The van der Waals surface area contributed by atoms with E-state index in [2.05, 4.69) is 48.3 Å². The summed E-state index contributed by atoms with van der Waals surface area (Å²) in [5.74, 6) is 0. The molecule has 144 valence electrons. The number of piperidine rings is 1. The number of benzene rings is 2. The number of amides is 1. The summed E-state index contributed by atoms with van der Waals surface area (Å²) in [5, 5.41) is 2.77. The third kappa shape index (κ3) is 5.31. The lowest BCUT2D eigenvalue weighted by Gasteiger charge is -2.38. The second-order valence-electron chi connectivity index (χ2n) is 7.33. The molecular formula is C22H29N3O2. The number of rotatable bonds is 5. The molecule has 1 aliphatic rings. The maximum atomic E-state index is 12.2. The highest BCUT2D eigenvalue weighted by Gasteiger charge is 2.34. The minimum absolute atomic E-state index is 0.492. The number of carbonyl (C=O) groups excluding carboxylic acids is 1. The molecule has 1 fully saturated rings. The number of nitrogens with zero attached hydrogens (tertiary/aromatic N) is 1. The molecule has 0 atom stereocenters. The summed E-state index contributed by atoms with van der Waals surface area (Å²) in [5.41, 5.74) is 10.0. The lowest BCUT2D eigenvalue weighted by Crippen LogP contribution is -2.53. The normalized spacial score (nSPS) is 16.7. The molecule has 2 aromatic carbocycles. The minimum atomic E-state index is -0.907. The second-order valence-corrected chi connectivity index (χ2v) is 7.33. The quantitative estimate of drug-likeness (QED) is 0.782. The van der Waals surface area contributed by atoms with Gasteiger partial charge >= 0.3 is 6.09 Å². The van der Waals surface area contributed by atoms with Gasteiger partial charge in [0.2, 0.25) is 0 Å². The van der Waals surface area contributed by atoms with E-state index in [9.17, 15) is 4.79 Å². The summed E-state index contributed by atoms with van der Waals surface area (Å²) in [6.45, 7) is 6.75. The zero-order valence-corrected chi connectivity index (χ0v) is 16.2. The van der Waals surface area contributed by atoms with Crippen LogP contribution in [0.15, 0.2) is 48.5 Å². The van der Waals surface area contributed by atoms with E-state index in [0.717, 1.165) is 31.7 Å². The Morgan fingerprint density at radius 2 is 1.81 bits per heavy atom. The van der Waals surface area contributed by atoms with E-state index in [1.54, 1.807) is 0 Å². The molecule has 0 radical (unpaired) electrons. The molecule has 3 rings (SSSR count). The van der Waals surface area contributed by atoms with Crippen molar-refractivity contribution in [2.45, 2.75) is 45.4 Å². The first-order chi connectivity index (χ1) is 13.0. The van der Waals surface area contributed by atoms with Crippen molar-refractivity contribution in [1.29, 1.82) is 0 Å². The maximum absolute atomic E-state index is 12.2. The van der Waals surface area contributed by atoms with E-state index in [4.69, 9.17) is 10.5 Å². The molecule has 3 N–H and O–H groups in total. The van der Waals surface area contributed by atoms with Crippen molar-refractivity contribution in [3.8, 4) is 0 Å². The Morgan fingerprint density at radius 3 is 2.44 bits per heavy atom. The summed E-state index contributed by atoms with van der Waals surface area (Å²) in [6, 6.07) is 16.2. The third-order valence-corrected chi connectivity index (χ3v) is 5.26. The SMILES string of the molecule is CCc1ccc(NC(=O)OC2(N)CCN(Cc3ccccc3C)CC2)cc1. The van der Waals surface area contributed by atoms with Gasteiger partial charge in [0.25, 0.3) is 0 Å². The van der Waals surface area contributed by atoms with Crippen LogP contribution in [0.1, 0.15) is 36.5 Å². The Bertz CT molecular complexity index is 765. The van der Waals surface area contributed by atoms with Gasteiger partial charge in [0.1, 0.15) is 0 Å². The monoisotopic (exact) mass is 367 g/mol. The van der Waals surface area contributed by atoms with Gasteiger partial charge < -0.3 is 4.74 Å². The van der Waals surface area contributed by atoms with Crippen LogP contribution < -0.4 is 11.1 Å². The average molecular weight is 367 g/mol. The zero-order chi connectivity index (χ0) is 19.3. The van der Waals surface area contributed by atoms with E-state index < -0.39 is 11.8 Å². The number of aryl methyl sites for hydroxylation is 2. The Hall–Kier alpha value is -2.37. The van der Waals surface area contributed by atoms with Gasteiger partial charge in [-0.25, -0.2) is 4.79 Å². The molecule has 0 spiro atoms. The van der Waals surface area contributed by atoms with Crippen molar-refractivity contribution in [2.24, 2.45) is 5.73 Å². The maximum Gasteiger partial charge on any atom is 0.413 e. The molecular weight excluding hydrogens is 338 g/mol. The molecule has 2 aromatic rings. The standard InChI is InChI=1S/C22H29N3O2/c1-3-18-8-10-20(11-9-18)24-21(26)27-22(23)12-14-25(15-13-22)16-19-7-5-4-6-17(19)2/h4-11H,3,12-16,23H2,1-2H3,(H,24,26). The van der Waals surface area contributed by atoms with Crippen molar-refractivity contribution < 1.29 is 9.53 Å². The molecule has 0 saturated carbocycles. The van der Waals surface area contributed by atoms with Crippen LogP contribution >= 0.6 is 0 Å².